The standard InChI is InChI=1S/C26H32BrN3O2/c27-20-6-8-21(9-7-20)30-23(17-4-2-1-3-5-17)22(15-28-30)25(32)29-26-12-16-10-18(13-26)24(31)19(11-16)14-26/h6-9,15-19,24,31H,1-5,10-14H2,(H,29,32). The summed E-state index contributed by atoms with van der Waals surface area (Å²) in [5.74, 6) is 1.76. The number of aromatic nitrogens is 2. The van der Waals surface area contributed by atoms with Crippen molar-refractivity contribution >= 4 is 21.8 Å². The maximum absolute atomic E-state index is 13.7. The van der Waals surface area contributed by atoms with Gasteiger partial charge in [-0.05, 0) is 87.0 Å². The molecule has 0 saturated heterocycles. The first kappa shape index (κ1) is 20.9. The number of rotatable bonds is 4. The smallest absolute Gasteiger partial charge is 0.255 e. The average molecular weight is 498 g/mol. The van der Waals surface area contributed by atoms with Gasteiger partial charge in [-0.25, -0.2) is 4.68 Å². The molecule has 1 amide bonds. The van der Waals surface area contributed by atoms with Gasteiger partial charge in [0.05, 0.1) is 29.2 Å². The van der Waals surface area contributed by atoms with E-state index < -0.39 is 0 Å². The van der Waals surface area contributed by atoms with Gasteiger partial charge in [0, 0.05) is 15.9 Å². The van der Waals surface area contributed by atoms with Crippen LogP contribution in [0.25, 0.3) is 5.69 Å². The zero-order chi connectivity index (χ0) is 21.9. The number of carbonyl (C=O) groups excluding carboxylic acids is 1. The minimum Gasteiger partial charge on any atom is -0.393 e. The molecule has 5 aliphatic carbocycles. The Labute approximate surface area is 198 Å². The summed E-state index contributed by atoms with van der Waals surface area (Å²) in [6, 6.07) is 8.18. The molecule has 2 aromatic rings. The molecule has 32 heavy (non-hydrogen) atoms. The third-order valence-corrected chi connectivity index (χ3v) is 9.24. The van der Waals surface area contributed by atoms with Crippen molar-refractivity contribution in [3.63, 3.8) is 0 Å². The lowest BCUT2D eigenvalue weighted by molar-refractivity contribution is -0.109. The summed E-state index contributed by atoms with van der Waals surface area (Å²) in [5.41, 5.74) is 2.69. The van der Waals surface area contributed by atoms with Crippen LogP contribution in [-0.4, -0.2) is 32.4 Å². The molecule has 5 saturated carbocycles. The van der Waals surface area contributed by atoms with Crippen molar-refractivity contribution in [1.82, 2.24) is 15.1 Å². The molecule has 5 aliphatic rings. The van der Waals surface area contributed by atoms with E-state index in [1.807, 2.05) is 16.8 Å². The first-order valence-corrected chi connectivity index (χ1v) is 13.1. The summed E-state index contributed by atoms with van der Waals surface area (Å²) < 4.78 is 3.04. The number of hydrogen-bond acceptors (Lipinski definition) is 3. The highest BCUT2D eigenvalue weighted by Gasteiger charge is 2.55. The van der Waals surface area contributed by atoms with Crippen molar-refractivity contribution in [3.05, 3.63) is 46.2 Å². The number of aliphatic hydroxyl groups excluding tert-OH is 1. The first-order valence-electron chi connectivity index (χ1n) is 12.4. The Balaban J connectivity index is 1.33. The van der Waals surface area contributed by atoms with Gasteiger partial charge in [0.2, 0.25) is 0 Å². The first-order chi connectivity index (χ1) is 15.5. The highest BCUT2D eigenvalue weighted by atomic mass is 79.9. The maximum atomic E-state index is 13.7. The van der Waals surface area contributed by atoms with E-state index in [9.17, 15) is 9.90 Å². The molecule has 5 nitrogen and oxygen atoms in total. The fraction of sp³-hybridized carbons (Fsp3) is 0.615. The van der Waals surface area contributed by atoms with E-state index in [-0.39, 0.29) is 17.6 Å². The fourth-order valence-electron chi connectivity index (χ4n) is 7.55. The number of aliphatic hydroxyl groups is 1. The van der Waals surface area contributed by atoms with Crippen molar-refractivity contribution < 1.29 is 9.90 Å². The predicted octanol–water partition coefficient (Wildman–Crippen LogP) is 5.35. The quantitative estimate of drug-likeness (QED) is 0.597. The molecule has 6 heteroatoms. The molecule has 170 valence electrons. The summed E-state index contributed by atoms with van der Waals surface area (Å²) in [5, 5.41) is 18.8. The fourth-order valence-corrected chi connectivity index (χ4v) is 7.81. The van der Waals surface area contributed by atoms with Gasteiger partial charge in [0.25, 0.3) is 5.91 Å². The van der Waals surface area contributed by atoms with Crippen LogP contribution in [0.2, 0.25) is 0 Å². The largest absolute Gasteiger partial charge is 0.393 e. The Hall–Kier alpha value is -1.66. The summed E-state index contributed by atoms with van der Waals surface area (Å²) >= 11 is 3.52. The molecule has 0 radical (unpaired) electrons. The second kappa shape index (κ2) is 7.98. The van der Waals surface area contributed by atoms with Crippen LogP contribution in [0.1, 0.15) is 86.2 Å². The van der Waals surface area contributed by atoms with Crippen molar-refractivity contribution in [3.8, 4) is 5.69 Å². The van der Waals surface area contributed by atoms with Gasteiger partial charge < -0.3 is 10.4 Å². The van der Waals surface area contributed by atoms with Crippen LogP contribution in [0.5, 0.6) is 0 Å². The SMILES string of the molecule is O=C(NC12CC3CC(C1)C(O)C(C3)C2)c1cnn(-c2ccc(Br)cc2)c1C1CCCCC1. The molecule has 2 unspecified atom stereocenters. The van der Waals surface area contributed by atoms with E-state index >= 15 is 0 Å². The molecule has 4 bridgehead atoms. The van der Waals surface area contributed by atoms with E-state index in [1.165, 1.54) is 19.3 Å². The van der Waals surface area contributed by atoms with Crippen LogP contribution in [0.15, 0.2) is 34.9 Å². The van der Waals surface area contributed by atoms with E-state index in [2.05, 4.69) is 33.4 Å². The molecule has 2 N–H and O–H groups in total. The van der Waals surface area contributed by atoms with Crippen LogP contribution in [0.4, 0.5) is 0 Å². The third kappa shape index (κ3) is 3.54. The van der Waals surface area contributed by atoms with Crippen LogP contribution in [0.3, 0.4) is 0 Å². The number of hydrogen-bond donors (Lipinski definition) is 2. The van der Waals surface area contributed by atoms with Crippen molar-refractivity contribution in [1.29, 1.82) is 0 Å². The lowest BCUT2D eigenvalue weighted by Crippen LogP contribution is -2.63. The molecule has 2 atom stereocenters. The number of amides is 1. The van der Waals surface area contributed by atoms with Gasteiger partial charge >= 0.3 is 0 Å². The van der Waals surface area contributed by atoms with Gasteiger partial charge in [0.15, 0.2) is 0 Å². The number of nitrogens with one attached hydrogen (secondary N) is 1. The van der Waals surface area contributed by atoms with Crippen molar-refractivity contribution in [2.45, 2.75) is 81.8 Å². The van der Waals surface area contributed by atoms with E-state index in [0.29, 0.717) is 23.7 Å². The van der Waals surface area contributed by atoms with Crippen molar-refractivity contribution in [2.75, 3.05) is 0 Å². The molecular weight excluding hydrogens is 466 g/mol. The van der Waals surface area contributed by atoms with Crippen LogP contribution >= 0.6 is 15.9 Å². The molecule has 5 fully saturated rings. The molecule has 1 heterocycles. The Bertz CT molecular complexity index is 995. The second-order valence-electron chi connectivity index (χ2n) is 10.9. The predicted molar refractivity (Wildman–Crippen MR) is 127 cm³/mol. The molecule has 1 aromatic heterocycles. The van der Waals surface area contributed by atoms with Gasteiger partial charge in [-0.15, -0.1) is 0 Å². The topological polar surface area (TPSA) is 67.2 Å². The summed E-state index contributed by atoms with van der Waals surface area (Å²) in [6.07, 6.45) is 12.7. The minimum absolute atomic E-state index is 0.0328. The van der Waals surface area contributed by atoms with Gasteiger partial charge in [-0.2, -0.15) is 5.10 Å². The molecule has 0 aliphatic heterocycles. The highest BCUT2D eigenvalue weighted by Crippen LogP contribution is 2.55. The normalized spacial score (nSPS) is 34.1. The highest BCUT2D eigenvalue weighted by molar-refractivity contribution is 9.10. The second-order valence-corrected chi connectivity index (χ2v) is 11.8. The number of carbonyl (C=O) groups is 1. The van der Waals surface area contributed by atoms with E-state index in [1.54, 1.807) is 6.20 Å². The van der Waals surface area contributed by atoms with Gasteiger partial charge in [-0.3, -0.25) is 4.79 Å². The zero-order valence-electron chi connectivity index (χ0n) is 18.5. The number of nitrogens with zero attached hydrogens (tertiary/aromatic N) is 2. The molecule has 7 rings (SSSR count). The lowest BCUT2D eigenvalue weighted by Gasteiger charge is -2.58. The molecule has 1 aromatic carbocycles. The van der Waals surface area contributed by atoms with E-state index in [0.717, 1.165) is 66.4 Å². The Morgan fingerprint density at radius 3 is 2.44 bits per heavy atom. The van der Waals surface area contributed by atoms with Crippen LogP contribution < -0.4 is 5.32 Å². The van der Waals surface area contributed by atoms with Gasteiger partial charge in [-0.1, -0.05) is 35.2 Å². The summed E-state index contributed by atoms with van der Waals surface area (Å²) in [7, 11) is 0. The molecule has 0 spiro atoms. The van der Waals surface area contributed by atoms with Crippen molar-refractivity contribution in [2.24, 2.45) is 17.8 Å². The lowest BCUT2D eigenvalue weighted by atomic mass is 9.51. The van der Waals surface area contributed by atoms with Crippen LogP contribution in [-0.2, 0) is 0 Å². The summed E-state index contributed by atoms with van der Waals surface area (Å²) in [6.45, 7) is 0. The third-order valence-electron chi connectivity index (χ3n) is 8.72. The molecular formula is C26H32BrN3O2. The van der Waals surface area contributed by atoms with Gasteiger partial charge in [0.1, 0.15) is 0 Å². The monoisotopic (exact) mass is 497 g/mol. The zero-order valence-corrected chi connectivity index (χ0v) is 20.1. The summed E-state index contributed by atoms with van der Waals surface area (Å²) in [4.78, 5) is 13.7. The van der Waals surface area contributed by atoms with E-state index in [4.69, 9.17) is 5.10 Å². The Morgan fingerprint density at radius 2 is 1.75 bits per heavy atom. The Kier molecular flexibility index (Phi) is 5.22. The van der Waals surface area contributed by atoms with Crippen LogP contribution in [0, 0.1) is 17.8 Å². The Morgan fingerprint density at radius 1 is 1.06 bits per heavy atom. The maximum Gasteiger partial charge on any atom is 0.255 e. The average Bonchev–Trinajstić information content (AvgIpc) is 3.23. The minimum atomic E-state index is -0.172. The number of benzene rings is 1. The number of halogens is 1.